The van der Waals surface area contributed by atoms with Crippen molar-refractivity contribution >= 4 is 17.2 Å². The van der Waals surface area contributed by atoms with Crippen LogP contribution in [0.5, 0.6) is 0 Å². The maximum Gasteiger partial charge on any atom is 0.271 e. The van der Waals surface area contributed by atoms with Gasteiger partial charge in [-0.25, -0.2) is 4.98 Å². The first-order valence-corrected chi connectivity index (χ1v) is 5.93. The number of rotatable bonds is 4. The van der Waals surface area contributed by atoms with E-state index < -0.39 is 0 Å². The van der Waals surface area contributed by atoms with Crippen LogP contribution in [0.2, 0.25) is 0 Å². The van der Waals surface area contributed by atoms with E-state index in [2.05, 4.69) is 15.5 Å². The van der Waals surface area contributed by atoms with Crippen molar-refractivity contribution in [3.63, 3.8) is 0 Å². The number of nitrogens with zero attached hydrogens (tertiary/aromatic N) is 2. The molecule has 0 bridgehead atoms. The SMILES string of the molecule is CC(N)c1nc(C(=O)NCc2ccno2)cs1. The molecule has 7 heteroatoms. The van der Waals surface area contributed by atoms with Gasteiger partial charge >= 0.3 is 0 Å². The van der Waals surface area contributed by atoms with Crippen LogP contribution in [0.1, 0.15) is 34.2 Å². The molecular weight excluding hydrogens is 240 g/mol. The summed E-state index contributed by atoms with van der Waals surface area (Å²) in [6.45, 7) is 2.12. The Morgan fingerprint density at radius 3 is 3.12 bits per heavy atom. The van der Waals surface area contributed by atoms with Crippen LogP contribution in [0.3, 0.4) is 0 Å². The van der Waals surface area contributed by atoms with Crippen molar-refractivity contribution in [3.05, 3.63) is 34.1 Å². The Labute approximate surface area is 102 Å². The lowest BCUT2D eigenvalue weighted by atomic mass is 10.4. The molecule has 1 atom stereocenters. The molecule has 2 heterocycles. The molecular formula is C10H12N4O2S. The molecule has 0 saturated carbocycles. The number of amides is 1. The fourth-order valence-electron chi connectivity index (χ4n) is 1.19. The second-order valence-electron chi connectivity index (χ2n) is 3.52. The second kappa shape index (κ2) is 5.07. The maximum absolute atomic E-state index is 11.7. The zero-order valence-corrected chi connectivity index (χ0v) is 10.0. The van der Waals surface area contributed by atoms with Gasteiger partial charge in [-0.05, 0) is 6.92 Å². The Hall–Kier alpha value is -1.73. The minimum absolute atomic E-state index is 0.157. The first kappa shape index (κ1) is 11.7. The molecule has 2 aromatic rings. The van der Waals surface area contributed by atoms with Crippen LogP contribution in [-0.4, -0.2) is 16.0 Å². The molecule has 0 aliphatic heterocycles. The highest BCUT2D eigenvalue weighted by atomic mass is 32.1. The molecule has 0 fully saturated rings. The number of thiazole rings is 1. The molecule has 90 valence electrons. The Morgan fingerprint density at radius 2 is 2.53 bits per heavy atom. The highest BCUT2D eigenvalue weighted by molar-refractivity contribution is 7.09. The average molecular weight is 252 g/mol. The first-order valence-electron chi connectivity index (χ1n) is 5.05. The lowest BCUT2D eigenvalue weighted by Gasteiger charge is -2.00. The van der Waals surface area contributed by atoms with Gasteiger partial charge in [0.25, 0.3) is 5.91 Å². The van der Waals surface area contributed by atoms with Crippen LogP contribution in [0.15, 0.2) is 22.2 Å². The number of hydrogen-bond donors (Lipinski definition) is 2. The van der Waals surface area contributed by atoms with Gasteiger partial charge in [0, 0.05) is 11.4 Å². The zero-order valence-electron chi connectivity index (χ0n) is 9.21. The predicted molar refractivity (Wildman–Crippen MR) is 62.4 cm³/mol. The highest BCUT2D eigenvalue weighted by Gasteiger charge is 2.12. The number of nitrogens with one attached hydrogen (secondary N) is 1. The summed E-state index contributed by atoms with van der Waals surface area (Å²) in [6, 6.07) is 1.53. The predicted octanol–water partition coefficient (Wildman–Crippen LogP) is 1.08. The zero-order chi connectivity index (χ0) is 12.3. The molecule has 0 aliphatic carbocycles. The van der Waals surface area contributed by atoms with Crippen LogP contribution in [-0.2, 0) is 6.54 Å². The summed E-state index contributed by atoms with van der Waals surface area (Å²) in [5.74, 6) is 0.352. The Balaban J connectivity index is 1.95. The quantitative estimate of drug-likeness (QED) is 0.849. The van der Waals surface area contributed by atoms with Gasteiger partial charge in [-0.15, -0.1) is 11.3 Å². The van der Waals surface area contributed by atoms with E-state index in [-0.39, 0.29) is 11.9 Å². The lowest BCUT2D eigenvalue weighted by molar-refractivity contribution is 0.0942. The molecule has 1 amide bonds. The Kier molecular flexibility index (Phi) is 3.50. The minimum Gasteiger partial charge on any atom is -0.360 e. The maximum atomic E-state index is 11.7. The molecule has 0 aromatic carbocycles. The number of hydrogen-bond acceptors (Lipinski definition) is 6. The number of carbonyl (C=O) groups excluding carboxylic acids is 1. The van der Waals surface area contributed by atoms with Gasteiger partial charge in [-0.3, -0.25) is 4.79 Å². The van der Waals surface area contributed by atoms with E-state index in [9.17, 15) is 4.79 Å². The molecule has 0 radical (unpaired) electrons. The number of aromatic nitrogens is 2. The van der Waals surface area contributed by atoms with E-state index in [0.717, 1.165) is 5.01 Å². The molecule has 2 aromatic heterocycles. The van der Waals surface area contributed by atoms with Gasteiger partial charge in [-0.2, -0.15) is 0 Å². The van der Waals surface area contributed by atoms with Crippen molar-refractivity contribution in [2.24, 2.45) is 5.73 Å². The van der Waals surface area contributed by atoms with Crippen molar-refractivity contribution in [2.75, 3.05) is 0 Å². The highest BCUT2D eigenvalue weighted by Crippen LogP contribution is 2.15. The number of carbonyl (C=O) groups is 1. The fourth-order valence-corrected chi connectivity index (χ4v) is 1.95. The van der Waals surface area contributed by atoms with Crippen LogP contribution in [0.4, 0.5) is 0 Å². The first-order chi connectivity index (χ1) is 8.16. The van der Waals surface area contributed by atoms with E-state index >= 15 is 0 Å². The molecule has 17 heavy (non-hydrogen) atoms. The molecule has 1 unspecified atom stereocenters. The van der Waals surface area contributed by atoms with Gasteiger partial charge in [-0.1, -0.05) is 5.16 Å². The summed E-state index contributed by atoms with van der Waals surface area (Å²) < 4.78 is 4.86. The Morgan fingerprint density at radius 1 is 1.71 bits per heavy atom. The summed E-state index contributed by atoms with van der Waals surface area (Å²) in [5.41, 5.74) is 6.05. The topological polar surface area (TPSA) is 94.0 Å². The van der Waals surface area contributed by atoms with E-state index in [0.29, 0.717) is 18.0 Å². The van der Waals surface area contributed by atoms with Crippen LogP contribution >= 0.6 is 11.3 Å². The van der Waals surface area contributed by atoms with Crippen LogP contribution < -0.4 is 11.1 Å². The monoisotopic (exact) mass is 252 g/mol. The van der Waals surface area contributed by atoms with Gasteiger partial charge in [0.05, 0.1) is 18.8 Å². The summed E-state index contributed by atoms with van der Waals surface area (Å²) in [6.07, 6.45) is 1.53. The van der Waals surface area contributed by atoms with Crippen molar-refractivity contribution in [2.45, 2.75) is 19.5 Å². The Bertz CT molecular complexity index is 492. The van der Waals surface area contributed by atoms with E-state index in [1.54, 1.807) is 11.4 Å². The van der Waals surface area contributed by atoms with Gasteiger partial charge in [0.15, 0.2) is 5.76 Å². The largest absolute Gasteiger partial charge is 0.360 e. The third-order valence-corrected chi connectivity index (χ3v) is 3.10. The standard InChI is InChI=1S/C10H12N4O2S/c1-6(11)10-14-8(5-17-10)9(15)12-4-7-2-3-13-16-7/h2-3,5-6H,4,11H2,1H3,(H,12,15). The van der Waals surface area contributed by atoms with Crippen LogP contribution in [0, 0.1) is 0 Å². The van der Waals surface area contributed by atoms with Crippen molar-refractivity contribution in [3.8, 4) is 0 Å². The van der Waals surface area contributed by atoms with Gasteiger partial charge in [0.2, 0.25) is 0 Å². The summed E-state index contributed by atoms with van der Waals surface area (Å²) >= 11 is 1.38. The van der Waals surface area contributed by atoms with Crippen molar-refractivity contribution in [1.29, 1.82) is 0 Å². The third-order valence-electron chi connectivity index (χ3n) is 2.06. The third kappa shape index (κ3) is 2.89. The summed E-state index contributed by atoms with van der Waals surface area (Å²) in [7, 11) is 0. The fraction of sp³-hybridized carbons (Fsp3) is 0.300. The molecule has 0 spiro atoms. The summed E-state index contributed by atoms with van der Waals surface area (Å²) in [5, 5.41) is 8.66. The van der Waals surface area contributed by atoms with Crippen molar-refractivity contribution in [1.82, 2.24) is 15.5 Å². The smallest absolute Gasteiger partial charge is 0.271 e. The molecule has 3 N–H and O–H groups in total. The van der Waals surface area contributed by atoms with Crippen LogP contribution in [0.25, 0.3) is 0 Å². The summed E-state index contributed by atoms with van der Waals surface area (Å²) in [4.78, 5) is 15.9. The van der Waals surface area contributed by atoms with Crippen molar-refractivity contribution < 1.29 is 9.32 Å². The van der Waals surface area contributed by atoms with E-state index in [4.69, 9.17) is 10.3 Å². The van der Waals surface area contributed by atoms with E-state index in [1.807, 2.05) is 6.92 Å². The molecule has 0 aliphatic rings. The normalized spacial score (nSPS) is 12.4. The molecule has 0 saturated heterocycles. The minimum atomic E-state index is -0.246. The van der Waals surface area contributed by atoms with Gasteiger partial charge < -0.3 is 15.6 Å². The average Bonchev–Trinajstić information content (AvgIpc) is 2.96. The molecule has 2 rings (SSSR count). The number of nitrogens with two attached hydrogens (primary N) is 1. The van der Waals surface area contributed by atoms with Gasteiger partial charge in [0.1, 0.15) is 10.7 Å². The van der Waals surface area contributed by atoms with E-state index in [1.165, 1.54) is 17.5 Å². The lowest BCUT2D eigenvalue weighted by Crippen LogP contribution is -2.23. The second-order valence-corrected chi connectivity index (χ2v) is 4.41. The molecule has 6 nitrogen and oxygen atoms in total.